The average molecular weight is 421 g/mol. The quantitative estimate of drug-likeness (QED) is 0.721. The van der Waals surface area contributed by atoms with E-state index in [1.54, 1.807) is 16.2 Å². The van der Waals surface area contributed by atoms with Crippen molar-refractivity contribution in [2.75, 3.05) is 13.2 Å². The van der Waals surface area contributed by atoms with Gasteiger partial charge in [-0.3, -0.25) is 4.79 Å². The zero-order chi connectivity index (χ0) is 19.7. The second-order valence-electron chi connectivity index (χ2n) is 6.93. The fourth-order valence-electron chi connectivity index (χ4n) is 3.02. The van der Waals surface area contributed by atoms with Crippen molar-refractivity contribution < 1.29 is 22.7 Å². The number of sulfonamides is 1. The van der Waals surface area contributed by atoms with Crippen LogP contribution in [-0.4, -0.2) is 44.4 Å². The van der Waals surface area contributed by atoms with Crippen LogP contribution in [0.5, 0.6) is 0 Å². The van der Waals surface area contributed by atoms with E-state index in [0.717, 1.165) is 24.8 Å². The van der Waals surface area contributed by atoms with Gasteiger partial charge in [-0.15, -0.1) is 11.3 Å². The van der Waals surface area contributed by atoms with Crippen LogP contribution in [0.2, 0.25) is 0 Å². The minimum atomic E-state index is -3.56. The fourth-order valence-corrected chi connectivity index (χ4v) is 5.22. The topological polar surface area (TPSA) is 92.8 Å². The molecule has 0 unspecified atom stereocenters. The molecule has 0 atom stereocenters. The maximum atomic E-state index is 12.3. The molecule has 0 spiro atoms. The van der Waals surface area contributed by atoms with Gasteiger partial charge in [0, 0.05) is 24.0 Å². The number of benzene rings is 1. The summed E-state index contributed by atoms with van der Waals surface area (Å²) in [6.07, 6.45) is 2.52. The summed E-state index contributed by atoms with van der Waals surface area (Å²) in [7, 11) is -3.56. The molecule has 4 rings (SSSR count). The van der Waals surface area contributed by atoms with Gasteiger partial charge >= 0.3 is 5.97 Å². The molecule has 1 fully saturated rings. The van der Waals surface area contributed by atoms with Gasteiger partial charge in [-0.05, 0) is 60.5 Å². The highest BCUT2D eigenvalue weighted by Crippen LogP contribution is 2.24. The molecule has 1 aliphatic carbocycles. The maximum Gasteiger partial charge on any atom is 0.338 e. The third kappa shape index (κ3) is 4.26. The Hall–Kier alpha value is -2.23. The predicted molar refractivity (Wildman–Crippen MR) is 104 cm³/mol. The van der Waals surface area contributed by atoms with Crippen LogP contribution in [0.4, 0.5) is 0 Å². The summed E-state index contributed by atoms with van der Waals surface area (Å²) in [4.78, 5) is 27.6. The molecule has 2 heterocycles. The number of carbonyl (C=O) groups excluding carboxylic acids is 2. The molecule has 1 amide bonds. The first-order valence-corrected chi connectivity index (χ1v) is 11.4. The Morgan fingerprint density at radius 1 is 1.18 bits per heavy atom. The number of rotatable bonds is 6. The van der Waals surface area contributed by atoms with Crippen LogP contribution in [0, 0.1) is 0 Å². The molecule has 1 aromatic carbocycles. The molecular weight excluding hydrogens is 400 g/mol. The molecular formula is C19H20N2O5S2. The number of thiophene rings is 1. The molecule has 2 aromatic rings. The summed E-state index contributed by atoms with van der Waals surface area (Å²) in [5, 5.41) is 2.02. The minimum Gasteiger partial charge on any atom is -0.452 e. The standard InChI is InChI=1S/C19H20N2O5S2/c22-18(21-9-7-17-14(11-21)8-10-27-17)12-26-19(23)13-1-5-16(6-2-13)28(24,25)20-15-3-4-15/h1-2,5-6,8,10,15,20H,3-4,7,9,11-12H2. The van der Waals surface area contributed by atoms with Gasteiger partial charge in [0.1, 0.15) is 0 Å². The van der Waals surface area contributed by atoms with E-state index in [1.165, 1.54) is 29.1 Å². The summed E-state index contributed by atoms with van der Waals surface area (Å²) in [6.45, 7) is 0.821. The smallest absolute Gasteiger partial charge is 0.338 e. The van der Waals surface area contributed by atoms with E-state index in [1.807, 2.05) is 11.4 Å². The third-order valence-electron chi connectivity index (χ3n) is 4.79. The monoisotopic (exact) mass is 420 g/mol. The molecule has 1 saturated carbocycles. The zero-order valence-corrected chi connectivity index (χ0v) is 16.7. The van der Waals surface area contributed by atoms with Crippen LogP contribution in [0.15, 0.2) is 40.6 Å². The van der Waals surface area contributed by atoms with Crippen molar-refractivity contribution in [2.24, 2.45) is 0 Å². The van der Waals surface area contributed by atoms with Crippen molar-refractivity contribution in [3.8, 4) is 0 Å². The van der Waals surface area contributed by atoms with Gasteiger partial charge in [0.15, 0.2) is 6.61 Å². The lowest BCUT2D eigenvalue weighted by atomic mass is 10.1. The number of esters is 1. The second-order valence-corrected chi connectivity index (χ2v) is 9.65. The third-order valence-corrected chi connectivity index (χ3v) is 7.35. The number of ether oxygens (including phenoxy) is 1. The van der Waals surface area contributed by atoms with Crippen molar-refractivity contribution in [3.05, 3.63) is 51.7 Å². The highest BCUT2D eigenvalue weighted by Gasteiger charge is 2.28. The van der Waals surface area contributed by atoms with Crippen molar-refractivity contribution in [1.29, 1.82) is 0 Å². The number of nitrogens with zero attached hydrogens (tertiary/aromatic N) is 1. The van der Waals surface area contributed by atoms with Crippen LogP contribution in [0.3, 0.4) is 0 Å². The summed E-state index contributed by atoms with van der Waals surface area (Å²) < 4.78 is 32.0. The number of nitrogens with one attached hydrogen (secondary N) is 1. The Morgan fingerprint density at radius 3 is 2.64 bits per heavy atom. The van der Waals surface area contributed by atoms with Crippen molar-refractivity contribution in [1.82, 2.24) is 9.62 Å². The number of hydrogen-bond acceptors (Lipinski definition) is 6. The highest BCUT2D eigenvalue weighted by molar-refractivity contribution is 7.89. The Bertz CT molecular complexity index is 994. The van der Waals surface area contributed by atoms with Gasteiger partial charge in [0.25, 0.3) is 5.91 Å². The van der Waals surface area contributed by atoms with Gasteiger partial charge in [0.2, 0.25) is 10.0 Å². The number of fused-ring (bicyclic) bond motifs is 1. The lowest BCUT2D eigenvalue weighted by Crippen LogP contribution is -2.38. The first-order chi connectivity index (χ1) is 13.4. The number of carbonyl (C=O) groups is 2. The summed E-state index contributed by atoms with van der Waals surface area (Å²) in [6, 6.07) is 7.55. The van der Waals surface area contributed by atoms with Crippen LogP contribution in [-0.2, 0) is 32.5 Å². The lowest BCUT2D eigenvalue weighted by molar-refractivity contribution is -0.135. The molecule has 7 nitrogen and oxygen atoms in total. The Balaban J connectivity index is 1.32. The van der Waals surface area contributed by atoms with E-state index in [-0.39, 0.29) is 29.0 Å². The zero-order valence-electron chi connectivity index (χ0n) is 15.1. The summed E-state index contributed by atoms with van der Waals surface area (Å²) in [5.74, 6) is -0.890. The van der Waals surface area contributed by atoms with E-state index in [0.29, 0.717) is 13.1 Å². The summed E-state index contributed by atoms with van der Waals surface area (Å²) in [5.41, 5.74) is 1.35. The Morgan fingerprint density at radius 2 is 1.93 bits per heavy atom. The molecule has 2 aliphatic rings. The Labute approximate surface area is 167 Å². The molecule has 9 heteroatoms. The van der Waals surface area contributed by atoms with E-state index in [2.05, 4.69) is 4.72 Å². The normalized spacial score (nSPS) is 16.5. The van der Waals surface area contributed by atoms with E-state index in [4.69, 9.17) is 4.74 Å². The minimum absolute atomic E-state index is 0.0144. The van der Waals surface area contributed by atoms with Crippen LogP contribution >= 0.6 is 11.3 Å². The van der Waals surface area contributed by atoms with Crippen molar-refractivity contribution in [3.63, 3.8) is 0 Å². The SMILES string of the molecule is O=C(OCC(=O)N1CCc2sccc2C1)c1ccc(S(=O)(=O)NC2CC2)cc1. The van der Waals surface area contributed by atoms with Gasteiger partial charge < -0.3 is 9.64 Å². The maximum absolute atomic E-state index is 12.3. The van der Waals surface area contributed by atoms with Crippen LogP contribution < -0.4 is 4.72 Å². The molecule has 148 valence electrons. The lowest BCUT2D eigenvalue weighted by Gasteiger charge is -2.26. The molecule has 28 heavy (non-hydrogen) atoms. The first-order valence-electron chi connectivity index (χ1n) is 9.05. The largest absolute Gasteiger partial charge is 0.452 e. The second kappa shape index (κ2) is 7.65. The van der Waals surface area contributed by atoms with E-state index in [9.17, 15) is 18.0 Å². The van der Waals surface area contributed by atoms with Gasteiger partial charge in [0.05, 0.1) is 10.5 Å². The average Bonchev–Trinajstić information content (AvgIpc) is 3.37. The highest BCUT2D eigenvalue weighted by atomic mass is 32.2. The molecule has 1 aromatic heterocycles. The van der Waals surface area contributed by atoms with Gasteiger partial charge in [-0.1, -0.05) is 0 Å². The van der Waals surface area contributed by atoms with Gasteiger partial charge in [-0.2, -0.15) is 0 Å². The first kappa shape index (κ1) is 19.1. The van der Waals surface area contributed by atoms with Gasteiger partial charge in [-0.25, -0.2) is 17.9 Å². The molecule has 0 radical (unpaired) electrons. The summed E-state index contributed by atoms with van der Waals surface area (Å²) >= 11 is 1.69. The molecule has 1 aliphatic heterocycles. The van der Waals surface area contributed by atoms with Crippen molar-refractivity contribution in [2.45, 2.75) is 36.7 Å². The predicted octanol–water partition coefficient (Wildman–Crippen LogP) is 1.93. The number of hydrogen-bond donors (Lipinski definition) is 1. The van der Waals surface area contributed by atoms with E-state index < -0.39 is 16.0 Å². The van der Waals surface area contributed by atoms with Crippen molar-refractivity contribution >= 4 is 33.2 Å². The molecule has 1 N–H and O–H groups in total. The Kier molecular flexibility index (Phi) is 5.22. The van der Waals surface area contributed by atoms with E-state index >= 15 is 0 Å². The molecule has 0 bridgehead atoms. The van der Waals surface area contributed by atoms with Crippen LogP contribution in [0.1, 0.15) is 33.6 Å². The molecule has 0 saturated heterocycles. The van der Waals surface area contributed by atoms with Crippen LogP contribution in [0.25, 0.3) is 0 Å². The number of amides is 1. The fraction of sp³-hybridized carbons (Fsp3) is 0.368.